The molecule has 2 fully saturated rings. The summed E-state index contributed by atoms with van der Waals surface area (Å²) in [4.78, 5) is 34.2. The Labute approximate surface area is 172 Å². The van der Waals surface area contributed by atoms with Gasteiger partial charge in [-0.05, 0) is 48.6 Å². The smallest absolute Gasteiger partial charge is 0.245 e. The lowest BCUT2D eigenvalue weighted by molar-refractivity contribution is -0.153. The molecular formula is C24H29N3O2. The minimum Gasteiger partial charge on any atom is -0.339 e. The quantitative estimate of drug-likeness (QED) is 0.783. The zero-order valence-corrected chi connectivity index (χ0v) is 17.1. The number of hydrogen-bond donors (Lipinski definition) is 0. The highest BCUT2D eigenvalue weighted by atomic mass is 16.2. The summed E-state index contributed by atoms with van der Waals surface area (Å²) in [6, 6.07) is 11.9. The molecule has 0 radical (unpaired) electrons. The Hall–Kier alpha value is -2.69. The average Bonchev–Trinajstić information content (AvgIpc) is 3.30. The second kappa shape index (κ2) is 8.76. The Morgan fingerprint density at radius 1 is 1.07 bits per heavy atom. The second-order valence-electron chi connectivity index (χ2n) is 8.09. The molecule has 0 N–H and O–H groups in total. The van der Waals surface area contributed by atoms with Crippen LogP contribution >= 0.6 is 0 Å². The van der Waals surface area contributed by atoms with E-state index < -0.39 is 6.04 Å². The minimum absolute atomic E-state index is 0.0828. The molecule has 1 atom stereocenters. The third-order valence-corrected chi connectivity index (χ3v) is 6.32. The van der Waals surface area contributed by atoms with Crippen molar-refractivity contribution >= 4 is 11.8 Å². The van der Waals surface area contributed by atoms with Crippen molar-refractivity contribution in [3.8, 4) is 11.1 Å². The van der Waals surface area contributed by atoms with Gasteiger partial charge in [0, 0.05) is 44.4 Å². The Kier molecular flexibility index (Phi) is 5.93. The molecule has 0 bridgehead atoms. The zero-order valence-electron chi connectivity index (χ0n) is 17.1. The Bertz CT molecular complexity index is 861. The minimum atomic E-state index is -0.399. The highest BCUT2D eigenvalue weighted by molar-refractivity contribution is 5.90. The predicted octanol–water partition coefficient (Wildman–Crippen LogP) is 3.54. The van der Waals surface area contributed by atoms with Crippen LogP contribution < -0.4 is 0 Å². The van der Waals surface area contributed by atoms with Gasteiger partial charge in [-0.15, -0.1) is 0 Å². The average molecular weight is 392 g/mol. The number of piperazine rings is 1. The van der Waals surface area contributed by atoms with Crippen LogP contribution in [0.25, 0.3) is 11.1 Å². The van der Waals surface area contributed by atoms with Crippen molar-refractivity contribution in [1.29, 1.82) is 0 Å². The van der Waals surface area contributed by atoms with Gasteiger partial charge in [-0.1, -0.05) is 37.1 Å². The maximum atomic E-state index is 13.2. The molecule has 2 aliphatic rings. The van der Waals surface area contributed by atoms with E-state index in [1.54, 1.807) is 12.4 Å². The summed E-state index contributed by atoms with van der Waals surface area (Å²) in [7, 11) is 0. The lowest BCUT2D eigenvalue weighted by atomic mass is 9.96. The van der Waals surface area contributed by atoms with Gasteiger partial charge in [0.05, 0.1) is 0 Å². The van der Waals surface area contributed by atoms with Crippen molar-refractivity contribution in [3.05, 3.63) is 54.4 Å². The number of carbonyl (C=O) groups excluding carboxylic acids is 2. The van der Waals surface area contributed by atoms with E-state index in [1.165, 1.54) is 0 Å². The lowest BCUT2D eigenvalue weighted by Gasteiger charge is -2.41. The molecule has 5 nitrogen and oxygen atoms in total. The third kappa shape index (κ3) is 4.19. The van der Waals surface area contributed by atoms with E-state index in [1.807, 2.05) is 34.9 Å². The molecule has 2 amide bonds. The first kappa shape index (κ1) is 19.6. The Morgan fingerprint density at radius 3 is 2.55 bits per heavy atom. The van der Waals surface area contributed by atoms with Gasteiger partial charge in [-0.25, -0.2) is 0 Å². The summed E-state index contributed by atoms with van der Waals surface area (Å²) in [5, 5.41) is 0. The maximum absolute atomic E-state index is 13.2. The highest BCUT2D eigenvalue weighted by Crippen LogP contribution is 2.29. The van der Waals surface area contributed by atoms with Crippen LogP contribution in [0.4, 0.5) is 0 Å². The van der Waals surface area contributed by atoms with Gasteiger partial charge >= 0.3 is 0 Å². The summed E-state index contributed by atoms with van der Waals surface area (Å²) in [5.74, 6) is 0.364. The fourth-order valence-electron chi connectivity index (χ4n) is 4.67. The number of aromatic nitrogens is 1. The van der Waals surface area contributed by atoms with Crippen LogP contribution in [0, 0.1) is 5.92 Å². The van der Waals surface area contributed by atoms with E-state index in [0.717, 1.165) is 42.4 Å². The van der Waals surface area contributed by atoms with Gasteiger partial charge in [0.25, 0.3) is 0 Å². The summed E-state index contributed by atoms with van der Waals surface area (Å²) >= 11 is 0. The number of benzene rings is 1. The van der Waals surface area contributed by atoms with Crippen molar-refractivity contribution in [3.63, 3.8) is 0 Å². The zero-order chi connectivity index (χ0) is 20.2. The Morgan fingerprint density at radius 2 is 1.83 bits per heavy atom. The first-order valence-corrected chi connectivity index (χ1v) is 10.8. The first-order chi connectivity index (χ1) is 14.2. The molecule has 1 aromatic heterocycles. The second-order valence-corrected chi connectivity index (χ2v) is 8.09. The fourth-order valence-corrected chi connectivity index (χ4v) is 4.67. The van der Waals surface area contributed by atoms with Crippen LogP contribution in [0.2, 0.25) is 0 Å². The molecule has 1 aromatic carbocycles. The molecule has 1 saturated carbocycles. The lowest BCUT2D eigenvalue weighted by Crippen LogP contribution is -2.60. The van der Waals surface area contributed by atoms with Crippen molar-refractivity contribution in [1.82, 2.24) is 14.8 Å². The van der Waals surface area contributed by atoms with E-state index in [-0.39, 0.29) is 17.7 Å². The molecule has 2 aromatic rings. The maximum Gasteiger partial charge on any atom is 0.245 e. The molecular weight excluding hydrogens is 362 g/mol. The van der Waals surface area contributed by atoms with Crippen LogP contribution in [0.15, 0.2) is 48.8 Å². The van der Waals surface area contributed by atoms with Crippen LogP contribution in [0.5, 0.6) is 0 Å². The van der Waals surface area contributed by atoms with Crippen LogP contribution in [0.1, 0.15) is 38.2 Å². The normalized spacial score (nSPS) is 20.3. The van der Waals surface area contributed by atoms with E-state index in [9.17, 15) is 9.59 Å². The number of carbonyl (C=O) groups is 2. The van der Waals surface area contributed by atoms with Gasteiger partial charge in [-0.3, -0.25) is 14.6 Å². The molecule has 2 heterocycles. The number of hydrogen-bond acceptors (Lipinski definition) is 3. The molecule has 1 saturated heterocycles. The van der Waals surface area contributed by atoms with Crippen molar-refractivity contribution in [2.75, 3.05) is 19.6 Å². The summed E-state index contributed by atoms with van der Waals surface area (Å²) in [6.07, 6.45) is 8.31. The monoisotopic (exact) mass is 391 g/mol. The van der Waals surface area contributed by atoms with Crippen molar-refractivity contribution in [2.45, 2.75) is 45.1 Å². The van der Waals surface area contributed by atoms with Crippen molar-refractivity contribution in [2.24, 2.45) is 5.92 Å². The number of amides is 2. The van der Waals surface area contributed by atoms with Gasteiger partial charge in [-0.2, -0.15) is 0 Å². The SMILES string of the molecule is CCN1CCN(C(=O)C2CCCC2)[C@H](Cc2cccc(-c3ccncc3)c2)C1=O. The number of likely N-dealkylation sites (N-methyl/N-ethyl adjacent to an activating group) is 1. The van der Waals surface area contributed by atoms with Gasteiger partial charge < -0.3 is 9.80 Å². The van der Waals surface area contributed by atoms with Crippen LogP contribution in [-0.2, 0) is 16.0 Å². The summed E-state index contributed by atoms with van der Waals surface area (Å²) < 4.78 is 0. The van der Waals surface area contributed by atoms with Crippen LogP contribution in [-0.4, -0.2) is 52.3 Å². The van der Waals surface area contributed by atoms with E-state index in [4.69, 9.17) is 0 Å². The summed E-state index contributed by atoms with van der Waals surface area (Å²) in [6.45, 7) is 3.98. The molecule has 0 unspecified atom stereocenters. The molecule has 5 heteroatoms. The Balaban J connectivity index is 1.59. The highest BCUT2D eigenvalue weighted by Gasteiger charge is 2.39. The van der Waals surface area contributed by atoms with Gasteiger partial charge in [0.15, 0.2) is 0 Å². The third-order valence-electron chi connectivity index (χ3n) is 6.32. The number of nitrogens with zero attached hydrogens (tertiary/aromatic N) is 3. The standard InChI is InChI=1S/C24H29N3O2/c1-2-26-14-15-27(23(28)20-7-3-4-8-20)22(24(26)29)17-18-6-5-9-21(16-18)19-10-12-25-13-11-19/h5-6,9-13,16,20,22H,2-4,7-8,14-15,17H2,1H3/t22-/m1/s1. The topological polar surface area (TPSA) is 53.5 Å². The van der Waals surface area contributed by atoms with E-state index >= 15 is 0 Å². The molecule has 0 spiro atoms. The number of rotatable bonds is 5. The first-order valence-electron chi connectivity index (χ1n) is 10.8. The predicted molar refractivity (Wildman–Crippen MR) is 113 cm³/mol. The van der Waals surface area contributed by atoms with Gasteiger partial charge in [0.1, 0.15) is 6.04 Å². The van der Waals surface area contributed by atoms with Gasteiger partial charge in [0.2, 0.25) is 11.8 Å². The van der Waals surface area contributed by atoms with Crippen LogP contribution in [0.3, 0.4) is 0 Å². The molecule has 1 aliphatic heterocycles. The molecule has 152 valence electrons. The molecule has 1 aliphatic carbocycles. The van der Waals surface area contributed by atoms with E-state index in [2.05, 4.69) is 23.2 Å². The van der Waals surface area contributed by atoms with E-state index in [0.29, 0.717) is 26.1 Å². The van der Waals surface area contributed by atoms with Crippen molar-refractivity contribution < 1.29 is 9.59 Å². The number of pyridine rings is 1. The molecule has 29 heavy (non-hydrogen) atoms. The molecule has 4 rings (SSSR count). The summed E-state index contributed by atoms with van der Waals surface area (Å²) in [5.41, 5.74) is 3.29. The largest absolute Gasteiger partial charge is 0.339 e. The fraction of sp³-hybridized carbons (Fsp3) is 0.458.